The third kappa shape index (κ3) is 3.47. The van der Waals surface area contributed by atoms with E-state index in [2.05, 4.69) is 5.32 Å². The number of ether oxygens (including phenoxy) is 2. The lowest BCUT2D eigenvalue weighted by Gasteiger charge is -2.38. The van der Waals surface area contributed by atoms with Crippen LogP contribution in [0.3, 0.4) is 0 Å². The van der Waals surface area contributed by atoms with Gasteiger partial charge in [0.05, 0.1) is 12.7 Å². The highest BCUT2D eigenvalue weighted by molar-refractivity contribution is 6.12. The van der Waals surface area contributed by atoms with Gasteiger partial charge in [0.15, 0.2) is 11.5 Å². The summed E-state index contributed by atoms with van der Waals surface area (Å²) in [5.74, 6) is -0.208. The van der Waals surface area contributed by atoms with E-state index in [0.29, 0.717) is 22.5 Å². The van der Waals surface area contributed by atoms with Crippen LogP contribution >= 0.6 is 0 Å². The van der Waals surface area contributed by atoms with Crippen molar-refractivity contribution >= 4 is 17.3 Å². The van der Waals surface area contributed by atoms with Crippen molar-refractivity contribution in [1.29, 1.82) is 0 Å². The summed E-state index contributed by atoms with van der Waals surface area (Å²) in [4.78, 5) is 14.9. The predicted molar refractivity (Wildman–Crippen MR) is 106 cm³/mol. The SMILES string of the molecule is COc1cccc(C2Nc3ccccc3C(=O)N2c2ccccc2)c1OC(F)F. The summed E-state index contributed by atoms with van der Waals surface area (Å²) in [6.45, 7) is -3.04. The Bertz CT molecular complexity index is 1030. The van der Waals surface area contributed by atoms with Crippen LogP contribution in [0.5, 0.6) is 11.5 Å². The van der Waals surface area contributed by atoms with Crippen molar-refractivity contribution in [2.24, 2.45) is 0 Å². The number of halogens is 2. The van der Waals surface area contributed by atoms with E-state index in [4.69, 9.17) is 9.47 Å². The second-order valence-corrected chi connectivity index (χ2v) is 6.36. The molecule has 148 valence electrons. The van der Waals surface area contributed by atoms with Gasteiger partial charge >= 0.3 is 6.61 Å². The van der Waals surface area contributed by atoms with Crippen LogP contribution in [0.1, 0.15) is 22.1 Å². The lowest BCUT2D eigenvalue weighted by atomic mass is 10.0. The molecular formula is C22H18F2N2O3. The first kappa shape index (κ1) is 18.7. The molecule has 1 N–H and O–H groups in total. The number of amides is 1. The number of nitrogens with one attached hydrogen (secondary N) is 1. The van der Waals surface area contributed by atoms with E-state index < -0.39 is 12.8 Å². The topological polar surface area (TPSA) is 50.8 Å². The van der Waals surface area contributed by atoms with E-state index >= 15 is 0 Å². The second-order valence-electron chi connectivity index (χ2n) is 6.36. The van der Waals surface area contributed by atoms with Crippen LogP contribution in [0.4, 0.5) is 20.2 Å². The molecule has 5 nitrogen and oxygen atoms in total. The van der Waals surface area contributed by atoms with Gasteiger partial charge in [0.2, 0.25) is 0 Å². The van der Waals surface area contributed by atoms with Gasteiger partial charge in [-0.05, 0) is 30.3 Å². The number of benzene rings is 3. The normalized spacial score (nSPS) is 15.7. The Kier molecular flexibility index (Phi) is 5.03. The number of rotatable bonds is 5. The lowest BCUT2D eigenvalue weighted by Crippen LogP contribution is -2.43. The van der Waals surface area contributed by atoms with Crippen LogP contribution < -0.4 is 19.7 Å². The number of hydrogen-bond acceptors (Lipinski definition) is 4. The first-order valence-corrected chi connectivity index (χ1v) is 8.96. The lowest BCUT2D eigenvalue weighted by molar-refractivity contribution is -0.0519. The van der Waals surface area contributed by atoms with Gasteiger partial charge < -0.3 is 14.8 Å². The molecule has 0 aromatic heterocycles. The number of fused-ring (bicyclic) bond motifs is 1. The average molecular weight is 396 g/mol. The molecule has 0 aliphatic carbocycles. The second kappa shape index (κ2) is 7.79. The molecule has 1 atom stereocenters. The molecular weight excluding hydrogens is 378 g/mol. The summed E-state index contributed by atoms with van der Waals surface area (Å²) in [6.07, 6.45) is -0.774. The summed E-state index contributed by atoms with van der Waals surface area (Å²) in [5.41, 5.74) is 2.08. The van der Waals surface area contributed by atoms with Crippen LogP contribution in [-0.4, -0.2) is 19.6 Å². The van der Waals surface area contributed by atoms with Crippen molar-refractivity contribution in [2.75, 3.05) is 17.3 Å². The maximum Gasteiger partial charge on any atom is 0.387 e. The molecule has 0 spiro atoms. The molecule has 0 fully saturated rings. The number of carbonyl (C=O) groups excluding carboxylic acids is 1. The highest BCUT2D eigenvalue weighted by atomic mass is 19.3. The zero-order valence-corrected chi connectivity index (χ0v) is 15.5. The van der Waals surface area contributed by atoms with Crippen molar-refractivity contribution in [3.05, 3.63) is 83.9 Å². The van der Waals surface area contributed by atoms with Gasteiger partial charge in [-0.25, -0.2) is 0 Å². The van der Waals surface area contributed by atoms with Gasteiger partial charge in [-0.2, -0.15) is 8.78 Å². The molecule has 0 bridgehead atoms. The van der Waals surface area contributed by atoms with E-state index in [-0.39, 0.29) is 17.4 Å². The van der Waals surface area contributed by atoms with Gasteiger partial charge in [-0.1, -0.05) is 42.5 Å². The first-order chi connectivity index (χ1) is 14.1. The average Bonchev–Trinajstić information content (AvgIpc) is 2.74. The zero-order chi connectivity index (χ0) is 20.4. The smallest absolute Gasteiger partial charge is 0.387 e. The monoisotopic (exact) mass is 396 g/mol. The number of nitrogens with zero attached hydrogens (tertiary/aromatic N) is 1. The Labute approximate surface area is 166 Å². The fourth-order valence-corrected chi connectivity index (χ4v) is 3.45. The maximum atomic E-state index is 13.4. The van der Waals surface area contributed by atoms with Gasteiger partial charge in [0, 0.05) is 16.9 Å². The molecule has 3 aromatic rings. The molecule has 3 aromatic carbocycles. The maximum absolute atomic E-state index is 13.4. The fourth-order valence-electron chi connectivity index (χ4n) is 3.45. The fraction of sp³-hybridized carbons (Fsp3) is 0.136. The Morgan fingerprint density at radius 3 is 2.41 bits per heavy atom. The molecule has 1 amide bonds. The summed E-state index contributed by atoms with van der Waals surface area (Å²) >= 11 is 0. The number of para-hydroxylation sites is 3. The third-order valence-corrected chi connectivity index (χ3v) is 4.69. The van der Waals surface area contributed by atoms with Crippen LogP contribution in [-0.2, 0) is 0 Å². The van der Waals surface area contributed by atoms with Crippen LogP contribution in [0.2, 0.25) is 0 Å². The first-order valence-electron chi connectivity index (χ1n) is 8.96. The summed E-state index contributed by atoms with van der Waals surface area (Å²) < 4.78 is 36.3. The van der Waals surface area contributed by atoms with Crippen LogP contribution in [0, 0.1) is 0 Å². The van der Waals surface area contributed by atoms with Crippen molar-refractivity contribution in [3.8, 4) is 11.5 Å². The quantitative estimate of drug-likeness (QED) is 0.654. The van der Waals surface area contributed by atoms with Crippen LogP contribution in [0.25, 0.3) is 0 Å². The largest absolute Gasteiger partial charge is 0.493 e. The highest BCUT2D eigenvalue weighted by Crippen LogP contribution is 2.43. The minimum atomic E-state index is -3.04. The molecule has 1 aliphatic rings. The molecule has 1 aliphatic heterocycles. The van der Waals surface area contributed by atoms with E-state index in [1.165, 1.54) is 18.1 Å². The van der Waals surface area contributed by atoms with Crippen molar-refractivity contribution in [1.82, 2.24) is 0 Å². The summed E-state index contributed by atoms with van der Waals surface area (Å²) in [5, 5.41) is 3.28. The summed E-state index contributed by atoms with van der Waals surface area (Å²) in [6, 6.07) is 20.9. The Hall–Kier alpha value is -3.61. The number of carbonyl (C=O) groups is 1. The predicted octanol–water partition coefficient (Wildman–Crippen LogP) is 5.07. The van der Waals surface area contributed by atoms with Gasteiger partial charge in [-0.3, -0.25) is 9.69 Å². The number of anilines is 2. The minimum absolute atomic E-state index is 0.115. The van der Waals surface area contributed by atoms with E-state index in [1.807, 2.05) is 18.2 Å². The van der Waals surface area contributed by atoms with Crippen molar-refractivity contribution in [3.63, 3.8) is 0 Å². The van der Waals surface area contributed by atoms with Crippen LogP contribution in [0.15, 0.2) is 72.8 Å². The highest BCUT2D eigenvalue weighted by Gasteiger charge is 2.36. The standard InChI is InChI=1S/C22H18F2N2O3/c1-28-18-13-7-11-16(19(18)29-22(23)24)20-25-17-12-6-5-10-15(17)21(27)26(20)14-8-3-2-4-9-14/h2-13,20,22,25H,1H3. The number of alkyl halides is 2. The minimum Gasteiger partial charge on any atom is -0.493 e. The van der Waals surface area contributed by atoms with E-state index in [0.717, 1.165) is 0 Å². The number of hydrogen-bond donors (Lipinski definition) is 1. The van der Waals surface area contributed by atoms with Gasteiger partial charge in [0.1, 0.15) is 6.17 Å². The molecule has 0 saturated carbocycles. The Morgan fingerprint density at radius 2 is 1.69 bits per heavy atom. The molecule has 0 saturated heterocycles. The van der Waals surface area contributed by atoms with Gasteiger partial charge in [-0.15, -0.1) is 0 Å². The Balaban J connectivity index is 1.90. The molecule has 1 unspecified atom stereocenters. The third-order valence-electron chi connectivity index (χ3n) is 4.69. The van der Waals surface area contributed by atoms with E-state index in [9.17, 15) is 13.6 Å². The summed E-state index contributed by atoms with van der Waals surface area (Å²) in [7, 11) is 1.38. The zero-order valence-electron chi connectivity index (χ0n) is 15.5. The molecule has 7 heteroatoms. The van der Waals surface area contributed by atoms with Crippen molar-refractivity contribution in [2.45, 2.75) is 12.8 Å². The number of methoxy groups -OCH3 is 1. The Morgan fingerprint density at radius 1 is 0.966 bits per heavy atom. The molecule has 29 heavy (non-hydrogen) atoms. The molecule has 1 heterocycles. The molecule has 4 rings (SSSR count). The van der Waals surface area contributed by atoms with E-state index in [1.54, 1.807) is 48.5 Å². The van der Waals surface area contributed by atoms with Gasteiger partial charge in [0.25, 0.3) is 5.91 Å². The van der Waals surface area contributed by atoms with Crippen molar-refractivity contribution < 1.29 is 23.0 Å². The molecule has 0 radical (unpaired) electrons.